The number of fused-ring (bicyclic) bond motifs is 2. The van der Waals surface area contributed by atoms with E-state index in [1.807, 2.05) is 24.3 Å². The first kappa shape index (κ1) is 15.7. The van der Waals surface area contributed by atoms with Crippen LogP contribution in [0.15, 0.2) is 60.7 Å². The van der Waals surface area contributed by atoms with E-state index in [4.69, 9.17) is 9.97 Å². The normalized spacial score (nSPS) is 11.2. The highest BCUT2D eigenvalue weighted by Crippen LogP contribution is 2.29. The van der Waals surface area contributed by atoms with Gasteiger partial charge in [-0.3, -0.25) is 0 Å². The van der Waals surface area contributed by atoms with Crippen LogP contribution in [0.25, 0.3) is 33.2 Å². The minimum Gasteiger partial charge on any atom is -0.246 e. The number of pyridine rings is 2. The van der Waals surface area contributed by atoms with E-state index in [0.29, 0.717) is 0 Å². The molecule has 4 rings (SSSR count). The highest BCUT2D eigenvalue weighted by atomic mass is 79.9. The Labute approximate surface area is 157 Å². The van der Waals surface area contributed by atoms with Gasteiger partial charge in [0, 0.05) is 21.4 Å². The Balaban J connectivity index is 1.99. The van der Waals surface area contributed by atoms with Crippen LogP contribution in [0.1, 0.15) is 11.1 Å². The highest BCUT2D eigenvalue weighted by Gasteiger charge is 2.11. The van der Waals surface area contributed by atoms with Crippen LogP contribution in [-0.4, -0.2) is 9.97 Å². The molecular formula is C20H14Br2N2. The molecular weight excluding hydrogens is 428 g/mol. The molecule has 0 N–H and O–H groups in total. The number of hydrogen-bond acceptors (Lipinski definition) is 2. The van der Waals surface area contributed by atoms with Gasteiger partial charge in [-0.15, -0.1) is 0 Å². The van der Waals surface area contributed by atoms with Gasteiger partial charge in [-0.1, -0.05) is 68.3 Å². The lowest BCUT2D eigenvalue weighted by atomic mass is 10.0. The summed E-state index contributed by atoms with van der Waals surface area (Å²) in [5.41, 5.74) is 6.28. The molecule has 0 aliphatic carbocycles. The zero-order chi connectivity index (χ0) is 16.5. The summed E-state index contributed by atoms with van der Waals surface area (Å²) in [5.74, 6) is 0. The molecule has 0 radical (unpaired) electrons. The fourth-order valence-corrected chi connectivity index (χ4v) is 3.91. The molecule has 118 valence electrons. The average Bonchev–Trinajstić information content (AvgIpc) is 2.66. The number of hydrogen-bond donors (Lipinski definition) is 0. The number of para-hydroxylation sites is 2. The van der Waals surface area contributed by atoms with Crippen LogP contribution >= 0.6 is 31.9 Å². The third-order valence-corrected chi connectivity index (χ3v) is 5.36. The maximum absolute atomic E-state index is 4.84. The molecule has 24 heavy (non-hydrogen) atoms. The molecule has 0 aliphatic heterocycles. The van der Waals surface area contributed by atoms with Crippen molar-refractivity contribution in [3.8, 4) is 11.4 Å². The molecule has 0 spiro atoms. The SMILES string of the molecule is BrCc1cc(-c2cc(CBr)c3ccccc3n2)nc2ccccc12. The number of rotatable bonds is 3. The fraction of sp³-hybridized carbons (Fsp3) is 0.100. The van der Waals surface area contributed by atoms with Crippen LogP contribution in [-0.2, 0) is 10.7 Å². The highest BCUT2D eigenvalue weighted by molar-refractivity contribution is 9.08. The summed E-state index contributed by atoms with van der Waals surface area (Å²) in [5, 5.41) is 3.95. The van der Waals surface area contributed by atoms with E-state index >= 15 is 0 Å². The topological polar surface area (TPSA) is 25.8 Å². The quantitative estimate of drug-likeness (QED) is 0.351. The Morgan fingerprint density at radius 3 is 1.46 bits per heavy atom. The molecule has 2 nitrogen and oxygen atoms in total. The summed E-state index contributed by atoms with van der Waals surface area (Å²) in [6, 6.07) is 20.7. The van der Waals surface area contributed by atoms with Gasteiger partial charge in [-0.2, -0.15) is 0 Å². The van der Waals surface area contributed by atoms with Gasteiger partial charge in [0.1, 0.15) is 0 Å². The van der Waals surface area contributed by atoms with Crippen LogP contribution in [0.5, 0.6) is 0 Å². The van der Waals surface area contributed by atoms with E-state index in [0.717, 1.165) is 33.1 Å². The van der Waals surface area contributed by atoms with E-state index < -0.39 is 0 Å². The van der Waals surface area contributed by atoms with Crippen LogP contribution in [0, 0.1) is 0 Å². The lowest BCUT2D eigenvalue weighted by molar-refractivity contribution is 1.28. The molecule has 4 aromatic rings. The smallest absolute Gasteiger partial charge is 0.0897 e. The van der Waals surface area contributed by atoms with Gasteiger partial charge in [-0.25, -0.2) is 9.97 Å². The maximum atomic E-state index is 4.84. The third-order valence-electron chi connectivity index (χ3n) is 4.15. The van der Waals surface area contributed by atoms with Gasteiger partial charge in [-0.05, 0) is 35.4 Å². The predicted molar refractivity (Wildman–Crippen MR) is 108 cm³/mol. The molecule has 0 atom stereocenters. The Kier molecular flexibility index (Phi) is 4.33. The second kappa shape index (κ2) is 6.61. The van der Waals surface area contributed by atoms with Gasteiger partial charge in [0.2, 0.25) is 0 Å². The zero-order valence-electron chi connectivity index (χ0n) is 12.8. The first-order chi connectivity index (χ1) is 11.8. The van der Waals surface area contributed by atoms with Gasteiger partial charge in [0.15, 0.2) is 0 Å². The van der Waals surface area contributed by atoms with E-state index in [1.165, 1.54) is 21.9 Å². The summed E-state index contributed by atoms with van der Waals surface area (Å²) in [6.07, 6.45) is 0. The Bertz CT molecular complexity index is 959. The molecule has 0 amide bonds. The summed E-state index contributed by atoms with van der Waals surface area (Å²) < 4.78 is 0. The predicted octanol–water partition coefficient (Wildman–Crippen LogP) is 6.24. The van der Waals surface area contributed by atoms with Crippen molar-refractivity contribution in [2.45, 2.75) is 10.7 Å². The van der Waals surface area contributed by atoms with E-state index in [1.54, 1.807) is 0 Å². The number of benzene rings is 2. The second-order valence-corrected chi connectivity index (χ2v) is 6.76. The lowest BCUT2D eigenvalue weighted by Crippen LogP contribution is -1.95. The van der Waals surface area contributed by atoms with Crippen molar-refractivity contribution >= 4 is 53.7 Å². The van der Waals surface area contributed by atoms with Crippen molar-refractivity contribution in [2.75, 3.05) is 0 Å². The molecule has 0 unspecified atom stereocenters. The van der Waals surface area contributed by atoms with Crippen LogP contribution in [0.4, 0.5) is 0 Å². The number of halogens is 2. The Hall–Kier alpha value is -1.78. The van der Waals surface area contributed by atoms with Crippen molar-refractivity contribution < 1.29 is 0 Å². The fourth-order valence-electron chi connectivity index (χ4n) is 2.98. The molecule has 0 aliphatic rings. The molecule has 0 saturated heterocycles. The van der Waals surface area contributed by atoms with Crippen molar-refractivity contribution in [1.29, 1.82) is 0 Å². The summed E-state index contributed by atoms with van der Waals surface area (Å²) in [7, 11) is 0. The first-order valence-electron chi connectivity index (χ1n) is 7.70. The molecule has 2 aromatic carbocycles. The standard InChI is InChI=1S/C20H14Br2N2/c21-11-13-9-19(23-17-7-3-1-5-15(13)17)20-10-14(12-22)16-6-2-4-8-18(16)24-20/h1-10H,11-12H2. The first-order valence-corrected chi connectivity index (χ1v) is 9.94. The average molecular weight is 442 g/mol. The molecule has 0 saturated carbocycles. The van der Waals surface area contributed by atoms with E-state index in [-0.39, 0.29) is 0 Å². The van der Waals surface area contributed by atoms with Crippen LogP contribution < -0.4 is 0 Å². The second-order valence-electron chi connectivity index (χ2n) is 5.63. The van der Waals surface area contributed by atoms with Crippen LogP contribution in [0.3, 0.4) is 0 Å². The van der Waals surface area contributed by atoms with Crippen molar-refractivity contribution in [1.82, 2.24) is 9.97 Å². The van der Waals surface area contributed by atoms with Gasteiger partial charge in [0.25, 0.3) is 0 Å². The minimum atomic E-state index is 0.794. The number of alkyl halides is 2. The van der Waals surface area contributed by atoms with E-state index in [2.05, 4.69) is 68.3 Å². The molecule has 0 fully saturated rings. The number of nitrogens with zero attached hydrogens (tertiary/aromatic N) is 2. The molecule has 2 heterocycles. The molecule has 0 bridgehead atoms. The van der Waals surface area contributed by atoms with Crippen molar-refractivity contribution in [3.63, 3.8) is 0 Å². The monoisotopic (exact) mass is 440 g/mol. The molecule has 4 heteroatoms. The summed E-state index contributed by atoms with van der Waals surface area (Å²) in [4.78, 5) is 9.68. The lowest BCUT2D eigenvalue weighted by Gasteiger charge is -2.10. The third kappa shape index (κ3) is 2.74. The maximum Gasteiger partial charge on any atom is 0.0897 e. The van der Waals surface area contributed by atoms with Crippen molar-refractivity contribution in [3.05, 3.63) is 71.8 Å². The van der Waals surface area contributed by atoms with E-state index in [9.17, 15) is 0 Å². The van der Waals surface area contributed by atoms with Crippen LogP contribution in [0.2, 0.25) is 0 Å². The largest absolute Gasteiger partial charge is 0.246 e. The Morgan fingerprint density at radius 1 is 0.625 bits per heavy atom. The number of aromatic nitrogens is 2. The summed E-state index contributed by atoms with van der Waals surface area (Å²) >= 11 is 7.20. The van der Waals surface area contributed by atoms with Gasteiger partial charge in [0.05, 0.1) is 22.4 Å². The molecule has 2 aromatic heterocycles. The Morgan fingerprint density at radius 2 is 1.04 bits per heavy atom. The zero-order valence-corrected chi connectivity index (χ0v) is 16.0. The van der Waals surface area contributed by atoms with Gasteiger partial charge < -0.3 is 0 Å². The van der Waals surface area contributed by atoms with Gasteiger partial charge >= 0.3 is 0 Å². The summed E-state index contributed by atoms with van der Waals surface area (Å²) in [6.45, 7) is 0. The minimum absolute atomic E-state index is 0.794. The van der Waals surface area contributed by atoms with Crippen molar-refractivity contribution in [2.24, 2.45) is 0 Å².